The number of piperidine rings is 1. The number of hydrogen-bond acceptors (Lipinski definition) is 5. The number of hydrogen-bond donors (Lipinski definition) is 0. The zero-order valence-corrected chi connectivity index (χ0v) is 24.2. The molecule has 5 rings (SSSR count). The van der Waals surface area contributed by atoms with Crippen LogP contribution in [-0.4, -0.2) is 38.6 Å². The standard InChI is InChI=1S/C29H32BrN5O.H2S/c1-20-6-8-25(15-32-20)34-12-4-5-26(19-34)35(16-22-10-11-31-21(2)13-22)18-23-17-33(3)28-14-24(30)7-9-27(28)29(23)36;/h6-11,13-15,17,26H,4-5,12,16,18-19H2,1-3H3;1H2/t26-;/m0./s1. The van der Waals surface area contributed by atoms with Crippen molar-refractivity contribution in [2.24, 2.45) is 7.05 Å². The minimum Gasteiger partial charge on any atom is -0.369 e. The Hall–Kier alpha value is -2.68. The van der Waals surface area contributed by atoms with Crippen LogP contribution in [0.25, 0.3) is 10.9 Å². The van der Waals surface area contributed by atoms with Gasteiger partial charge in [0.05, 0.1) is 17.4 Å². The summed E-state index contributed by atoms with van der Waals surface area (Å²) >= 11 is 3.54. The summed E-state index contributed by atoms with van der Waals surface area (Å²) in [6.45, 7) is 7.35. The summed E-state index contributed by atoms with van der Waals surface area (Å²) < 4.78 is 3.04. The van der Waals surface area contributed by atoms with E-state index in [9.17, 15) is 4.79 Å². The van der Waals surface area contributed by atoms with Crippen molar-refractivity contribution in [3.8, 4) is 0 Å². The van der Waals surface area contributed by atoms with Crippen LogP contribution >= 0.6 is 29.4 Å². The summed E-state index contributed by atoms with van der Waals surface area (Å²) in [4.78, 5) is 27.4. The minimum atomic E-state index is 0. The predicted octanol–water partition coefficient (Wildman–Crippen LogP) is 5.49. The average Bonchev–Trinajstić information content (AvgIpc) is 2.87. The topological polar surface area (TPSA) is 54.3 Å². The Balaban J connectivity index is 0.00000320. The van der Waals surface area contributed by atoms with Crippen LogP contribution < -0.4 is 10.3 Å². The number of pyridine rings is 3. The van der Waals surface area contributed by atoms with Crippen LogP contribution in [0.4, 0.5) is 5.69 Å². The minimum absolute atomic E-state index is 0. The first kappa shape index (κ1) is 27.4. The van der Waals surface area contributed by atoms with Crippen LogP contribution in [0.15, 0.2) is 70.3 Å². The molecule has 1 aliphatic rings. The van der Waals surface area contributed by atoms with Crippen molar-refractivity contribution >= 4 is 46.0 Å². The molecule has 4 heterocycles. The van der Waals surface area contributed by atoms with E-state index in [1.807, 2.05) is 57.7 Å². The van der Waals surface area contributed by atoms with Crippen LogP contribution in [-0.2, 0) is 20.1 Å². The molecule has 3 aromatic heterocycles. The maximum atomic E-state index is 13.6. The number of fused-ring (bicyclic) bond motifs is 1. The van der Waals surface area contributed by atoms with Gasteiger partial charge in [0.15, 0.2) is 5.43 Å². The van der Waals surface area contributed by atoms with E-state index < -0.39 is 0 Å². The van der Waals surface area contributed by atoms with E-state index in [2.05, 4.69) is 64.5 Å². The molecule has 0 aliphatic carbocycles. The highest BCUT2D eigenvalue weighted by atomic mass is 79.9. The Bertz CT molecular complexity index is 1440. The molecular formula is C29H34BrN5OS. The third-order valence-corrected chi connectivity index (χ3v) is 7.61. The normalized spacial score (nSPS) is 15.7. The van der Waals surface area contributed by atoms with E-state index in [-0.39, 0.29) is 18.9 Å². The van der Waals surface area contributed by atoms with E-state index in [0.29, 0.717) is 12.6 Å². The molecule has 0 unspecified atom stereocenters. The van der Waals surface area contributed by atoms with Crippen molar-refractivity contribution in [2.75, 3.05) is 18.0 Å². The van der Waals surface area contributed by atoms with Gasteiger partial charge >= 0.3 is 0 Å². The van der Waals surface area contributed by atoms with Crippen molar-refractivity contribution in [3.63, 3.8) is 0 Å². The number of aromatic nitrogens is 3. The van der Waals surface area contributed by atoms with Crippen LogP contribution in [0.5, 0.6) is 0 Å². The van der Waals surface area contributed by atoms with Crippen molar-refractivity contribution in [1.82, 2.24) is 19.4 Å². The Morgan fingerprint density at radius 3 is 2.65 bits per heavy atom. The molecule has 0 radical (unpaired) electrons. The maximum Gasteiger partial charge on any atom is 0.193 e. The van der Waals surface area contributed by atoms with Gasteiger partial charge in [-0.25, -0.2) is 0 Å². The Kier molecular flexibility index (Phi) is 8.72. The summed E-state index contributed by atoms with van der Waals surface area (Å²) in [5, 5.41) is 0.758. The molecule has 37 heavy (non-hydrogen) atoms. The Morgan fingerprint density at radius 2 is 1.89 bits per heavy atom. The number of benzene rings is 1. The first-order valence-corrected chi connectivity index (χ1v) is 13.3. The molecule has 4 aromatic rings. The summed E-state index contributed by atoms with van der Waals surface area (Å²) in [7, 11) is 2.01. The van der Waals surface area contributed by atoms with Crippen LogP contribution in [0, 0.1) is 13.8 Å². The van der Waals surface area contributed by atoms with Gasteiger partial charge in [-0.1, -0.05) is 15.9 Å². The SMILES string of the molecule is Cc1ccc(N2CCC[C@H](N(Cc3ccnc(C)c3)Cc3cn(C)c4cc(Br)ccc4c3=O)C2)cn1.S. The zero-order valence-electron chi connectivity index (χ0n) is 21.6. The van der Waals surface area contributed by atoms with E-state index >= 15 is 0 Å². The second-order valence-electron chi connectivity index (χ2n) is 9.87. The molecule has 1 aromatic carbocycles. The van der Waals surface area contributed by atoms with Crippen molar-refractivity contribution in [3.05, 3.63) is 98.3 Å². The first-order chi connectivity index (χ1) is 17.4. The molecule has 1 saturated heterocycles. The lowest BCUT2D eigenvalue weighted by molar-refractivity contribution is 0.158. The lowest BCUT2D eigenvalue weighted by Crippen LogP contribution is -2.48. The van der Waals surface area contributed by atoms with Crippen LogP contribution in [0.3, 0.4) is 0 Å². The van der Waals surface area contributed by atoms with Gasteiger partial charge in [-0.05, 0) is 74.7 Å². The quantitative estimate of drug-likeness (QED) is 0.302. The molecular weight excluding hydrogens is 546 g/mol. The molecule has 1 atom stereocenters. The van der Waals surface area contributed by atoms with Gasteiger partial charge in [0.1, 0.15) is 0 Å². The fraction of sp³-hybridized carbons (Fsp3) is 0.345. The molecule has 0 amide bonds. The zero-order chi connectivity index (χ0) is 25.2. The third kappa shape index (κ3) is 6.25. The molecule has 6 nitrogen and oxygen atoms in total. The Morgan fingerprint density at radius 1 is 1.05 bits per heavy atom. The third-order valence-electron chi connectivity index (χ3n) is 7.12. The van der Waals surface area contributed by atoms with E-state index in [0.717, 1.165) is 70.5 Å². The van der Waals surface area contributed by atoms with Gasteiger partial charge in [-0.2, -0.15) is 13.5 Å². The Labute approximate surface area is 233 Å². The summed E-state index contributed by atoms with van der Waals surface area (Å²) in [6, 6.07) is 14.7. The highest BCUT2D eigenvalue weighted by Crippen LogP contribution is 2.25. The van der Waals surface area contributed by atoms with Crippen molar-refractivity contribution in [2.45, 2.75) is 45.8 Å². The van der Waals surface area contributed by atoms with Gasteiger partial charge in [0.25, 0.3) is 0 Å². The number of anilines is 1. The smallest absolute Gasteiger partial charge is 0.193 e. The number of rotatable bonds is 6. The average molecular weight is 581 g/mol. The monoisotopic (exact) mass is 579 g/mol. The lowest BCUT2D eigenvalue weighted by Gasteiger charge is -2.40. The van der Waals surface area contributed by atoms with Crippen molar-refractivity contribution < 1.29 is 0 Å². The highest BCUT2D eigenvalue weighted by molar-refractivity contribution is 9.10. The second kappa shape index (κ2) is 11.8. The summed E-state index contributed by atoms with van der Waals surface area (Å²) in [5.41, 5.74) is 6.30. The number of aryl methyl sites for hydroxylation is 3. The summed E-state index contributed by atoms with van der Waals surface area (Å²) in [5.74, 6) is 0. The molecule has 0 saturated carbocycles. The molecule has 1 aliphatic heterocycles. The van der Waals surface area contributed by atoms with Crippen molar-refractivity contribution in [1.29, 1.82) is 0 Å². The molecule has 8 heteroatoms. The lowest BCUT2D eigenvalue weighted by atomic mass is 10.0. The fourth-order valence-electron chi connectivity index (χ4n) is 5.24. The molecule has 1 fully saturated rings. The molecule has 0 N–H and O–H groups in total. The van der Waals surface area contributed by atoms with Gasteiger partial charge in [-0.3, -0.25) is 19.7 Å². The number of nitrogens with zero attached hydrogens (tertiary/aromatic N) is 5. The molecule has 0 bridgehead atoms. The first-order valence-electron chi connectivity index (χ1n) is 12.5. The molecule has 0 spiro atoms. The van der Waals surface area contributed by atoms with Crippen LogP contribution in [0.2, 0.25) is 0 Å². The number of halogens is 1. The predicted molar refractivity (Wildman–Crippen MR) is 160 cm³/mol. The fourth-order valence-corrected chi connectivity index (χ4v) is 5.59. The van der Waals surface area contributed by atoms with E-state index in [1.54, 1.807) is 0 Å². The van der Waals surface area contributed by atoms with Crippen LogP contribution in [0.1, 0.15) is 35.4 Å². The maximum absolute atomic E-state index is 13.6. The van der Waals surface area contributed by atoms with Gasteiger partial charge in [0.2, 0.25) is 0 Å². The van der Waals surface area contributed by atoms with E-state index in [1.165, 1.54) is 5.56 Å². The second-order valence-corrected chi connectivity index (χ2v) is 10.8. The van der Waals surface area contributed by atoms with Gasteiger partial charge in [0, 0.05) is 78.5 Å². The highest BCUT2D eigenvalue weighted by Gasteiger charge is 2.27. The van der Waals surface area contributed by atoms with Gasteiger partial charge < -0.3 is 9.47 Å². The van der Waals surface area contributed by atoms with Gasteiger partial charge in [-0.15, -0.1) is 0 Å². The molecule has 194 valence electrons. The largest absolute Gasteiger partial charge is 0.369 e. The summed E-state index contributed by atoms with van der Waals surface area (Å²) in [6.07, 6.45) is 8.06. The van der Waals surface area contributed by atoms with E-state index in [4.69, 9.17) is 0 Å².